The van der Waals surface area contributed by atoms with Gasteiger partial charge >= 0.3 is 11.9 Å². The van der Waals surface area contributed by atoms with E-state index < -0.39 is 12.6 Å². The smallest absolute Gasteiger partial charge is 0.358 e. The number of hydrogen-bond acceptors (Lipinski definition) is 7. The fourth-order valence-corrected chi connectivity index (χ4v) is 2.42. The second kappa shape index (κ2) is 8.18. The van der Waals surface area contributed by atoms with Crippen LogP contribution in [-0.4, -0.2) is 46.0 Å². The van der Waals surface area contributed by atoms with Crippen LogP contribution in [-0.2, 0) is 20.8 Å². The molecule has 2 aromatic heterocycles. The third-order valence-corrected chi connectivity index (χ3v) is 3.75. The molecule has 0 aliphatic carbocycles. The SMILES string of the molecule is COC(=O)CCn1c(C)cc(C(=O)COC(=O)c2cnccn2)c1C. The van der Waals surface area contributed by atoms with E-state index in [0.29, 0.717) is 17.8 Å². The molecule has 2 heterocycles. The number of aromatic nitrogens is 3. The van der Waals surface area contributed by atoms with Gasteiger partial charge < -0.3 is 14.0 Å². The van der Waals surface area contributed by atoms with E-state index >= 15 is 0 Å². The number of hydrogen-bond donors (Lipinski definition) is 0. The van der Waals surface area contributed by atoms with Crippen molar-refractivity contribution in [1.82, 2.24) is 14.5 Å². The summed E-state index contributed by atoms with van der Waals surface area (Å²) >= 11 is 0. The standard InChI is InChI=1S/C17H19N3O5/c1-11-8-13(12(2)20(11)7-4-16(22)24-3)15(21)10-25-17(23)14-9-18-5-6-19-14/h5-6,8-9H,4,7,10H2,1-3H3. The lowest BCUT2D eigenvalue weighted by Gasteiger charge is -2.09. The maximum atomic E-state index is 12.3. The van der Waals surface area contributed by atoms with Crippen LogP contribution in [0, 0.1) is 13.8 Å². The highest BCUT2D eigenvalue weighted by atomic mass is 16.5. The van der Waals surface area contributed by atoms with Crippen molar-refractivity contribution in [2.45, 2.75) is 26.8 Å². The summed E-state index contributed by atoms with van der Waals surface area (Å²) < 4.78 is 11.5. The molecule has 0 fully saturated rings. The number of ketones is 1. The summed E-state index contributed by atoms with van der Waals surface area (Å²) in [4.78, 5) is 43.0. The zero-order valence-electron chi connectivity index (χ0n) is 14.3. The quantitative estimate of drug-likeness (QED) is 0.553. The number of carbonyl (C=O) groups excluding carboxylic acids is 3. The average Bonchev–Trinajstić information content (AvgIpc) is 2.92. The van der Waals surface area contributed by atoms with Crippen molar-refractivity contribution in [3.8, 4) is 0 Å². The number of ether oxygens (including phenoxy) is 2. The van der Waals surface area contributed by atoms with Crippen molar-refractivity contribution in [2.24, 2.45) is 0 Å². The normalized spacial score (nSPS) is 10.4. The predicted molar refractivity (Wildman–Crippen MR) is 87.2 cm³/mol. The van der Waals surface area contributed by atoms with E-state index in [0.717, 1.165) is 5.69 Å². The molecule has 0 aliphatic rings. The van der Waals surface area contributed by atoms with E-state index in [9.17, 15) is 14.4 Å². The van der Waals surface area contributed by atoms with Crippen molar-refractivity contribution in [3.63, 3.8) is 0 Å². The third kappa shape index (κ3) is 4.50. The summed E-state index contributed by atoms with van der Waals surface area (Å²) in [7, 11) is 1.33. The summed E-state index contributed by atoms with van der Waals surface area (Å²) in [6.45, 7) is 3.64. The Hall–Kier alpha value is -3.03. The van der Waals surface area contributed by atoms with Crippen LogP contribution in [0.25, 0.3) is 0 Å². The third-order valence-electron chi connectivity index (χ3n) is 3.75. The van der Waals surface area contributed by atoms with Gasteiger partial charge in [0.25, 0.3) is 0 Å². The molecule has 2 rings (SSSR count). The second-order valence-corrected chi connectivity index (χ2v) is 5.35. The topological polar surface area (TPSA) is 100 Å². The first-order valence-electron chi connectivity index (χ1n) is 7.64. The highest BCUT2D eigenvalue weighted by Crippen LogP contribution is 2.17. The number of aryl methyl sites for hydroxylation is 1. The number of nitrogens with zero attached hydrogens (tertiary/aromatic N) is 3. The summed E-state index contributed by atoms with van der Waals surface area (Å²) in [5, 5.41) is 0. The van der Waals surface area contributed by atoms with Gasteiger partial charge in [-0.1, -0.05) is 0 Å². The molecule has 0 saturated carbocycles. The molecule has 2 aromatic rings. The van der Waals surface area contributed by atoms with Gasteiger partial charge in [-0.2, -0.15) is 0 Å². The van der Waals surface area contributed by atoms with Crippen LogP contribution >= 0.6 is 0 Å². The van der Waals surface area contributed by atoms with E-state index in [2.05, 4.69) is 14.7 Å². The van der Waals surface area contributed by atoms with Crippen LogP contribution in [0.2, 0.25) is 0 Å². The van der Waals surface area contributed by atoms with Crippen LogP contribution in [0.4, 0.5) is 0 Å². The Bertz CT molecular complexity index is 783. The molecule has 8 nitrogen and oxygen atoms in total. The summed E-state index contributed by atoms with van der Waals surface area (Å²) in [6, 6.07) is 1.71. The lowest BCUT2D eigenvalue weighted by Crippen LogP contribution is -2.16. The van der Waals surface area contributed by atoms with Crippen LogP contribution in [0.15, 0.2) is 24.7 Å². The summed E-state index contributed by atoms with van der Waals surface area (Å²) in [5.41, 5.74) is 2.04. The maximum absolute atomic E-state index is 12.3. The molecule has 0 spiro atoms. The van der Waals surface area contributed by atoms with Crippen molar-refractivity contribution in [2.75, 3.05) is 13.7 Å². The molecule has 0 radical (unpaired) electrons. The number of Topliss-reactive ketones (excluding diaryl/α,β-unsaturated/α-hetero) is 1. The number of rotatable bonds is 7. The summed E-state index contributed by atoms with van der Waals surface area (Å²) in [5.74, 6) is -1.35. The van der Waals surface area contributed by atoms with Gasteiger partial charge in [-0.3, -0.25) is 14.6 Å². The molecule has 0 N–H and O–H groups in total. The van der Waals surface area contributed by atoms with E-state index in [1.165, 1.54) is 25.7 Å². The molecular weight excluding hydrogens is 326 g/mol. The molecule has 0 aromatic carbocycles. The zero-order chi connectivity index (χ0) is 18.4. The summed E-state index contributed by atoms with van der Waals surface area (Å²) in [6.07, 6.45) is 4.28. The van der Waals surface area contributed by atoms with Crippen molar-refractivity contribution in [1.29, 1.82) is 0 Å². The Morgan fingerprint density at radius 3 is 2.60 bits per heavy atom. The average molecular weight is 345 g/mol. The van der Waals surface area contributed by atoms with Gasteiger partial charge in [0, 0.05) is 35.9 Å². The minimum atomic E-state index is -0.707. The van der Waals surface area contributed by atoms with Gasteiger partial charge in [0.05, 0.1) is 19.7 Å². The Kier molecular flexibility index (Phi) is 5.99. The maximum Gasteiger partial charge on any atom is 0.358 e. The number of esters is 2. The highest BCUT2D eigenvalue weighted by molar-refractivity contribution is 6.00. The lowest BCUT2D eigenvalue weighted by molar-refractivity contribution is -0.140. The van der Waals surface area contributed by atoms with Crippen molar-refractivity contribution < 1.29 is 23.9 Å². The van der Waals surface area contributed by atoms with Crippen LogP contribution in [0.5, 0.6) is 0 Å². The van der Waals surface area contributed by atoms with Gasteiger partial charge in [-0.25, -0.2) is 9.78 Å². The minimum absolute atomic E-state index is 0.0406. The van der Waals surface area contributed by atoms with E-state index in [-0.39, 0.29) is 23.9 Å². The fraction of sp³-hybridized carbons (Fsp3) is 0.353. The first kappa shape index (κ1) is 18.3. The predicted octanol–water partition coefficient (Wildman–Crippen LogP) is 1.50. The minimum Gasteiger partial charge on any atom is -0.469 e. The zero-order valence-corrected chi connectivity index (χ0v) is 14.3. The molecule has 0 unspecified atom stereocenters. The van der Waals surface area contributed by atoms with Gasteiger partial charge in [-0.05, 0) is 19.9 Å². The first-order chi connectivity index (χ1) is 11.9. The molecule has 0 atom stereocenters. The molecule has 25 heavy (non-hydrogen) atoms. The van der Waals surface area contributed by atoms with E-state index in [1.54, 1.807) is 13.0 Å². The Morgan fingerprint density at radius 2 is 1.96 bits per heavy atom. The van der Waals surface area contributed by atoms with Gasteiger partial charge in [0.1, 0.15) is 0 Å². The molecule has 8 heteroatoms. The lowest BCUT2D eigenvalue weighted by atomic mass is 10.1. The van der Waals surface area contributed by atoms with Gasteiger partial charge in [0.15, 0.2) is 12.3 Å². The van der Waals surface area contributed by atoms with Gasteiger partial charge in [0.2, 0.25) is 5.78 Å². The van der Waals surface area contributed by atoms with Crippen LogP contribution in [0.3, 0.4) is 0 Å². The van der Waals surface area contributed by atoms with E-state index in [4.69, 9.17) is 4.74 Å². The van der Waals surface area contributed by atoms with Crippen LogP contribution < -0.4 is 0 Å². The number of carbonyl (C=O) groups is 3. The molecule has 0 aliphatic heterocycles. The Balaban J connectivity index is 2.02. The monoisotopic (exact) mass is 345 g/mol. The fourth-order valence-electron chi connectivity index (χ4n) is 2.42. The first-order valence-corrected chi connectivity index (χ1v) is 7.64. The van der Waals surface area contributed by atoms with Crippen molar-refractivity contribution in [3.05, 3.63) is 47.3 Å². The Morgan fingerprint density at radius 1 is 1.20 bits per heavy atom. The van der Waals surface area contributed by atoms with E-state index in [1.807, 2.05) is 11.5 Å². The molecule has 0 amide bonds. The Labute approximate surface area is 144 Å². The molecule has 0 saturated heterocycles. The largest absolute Gasteiger partial charge is 0.469 e. The number of methoxy groups -OCH3 is 1. The molecule has 132 valence electrons. The van der Waals surface area contributed by atoms with Crippen molar-refractivity contribution >= 4 is 17.7 Å². The second-order valence-electron chi connectivity index (χ2n) is 5.35. The molecular formula is C17H19N3O5. The van der Waals surface area contributed by atoms with Gasteiger partial charge in [-0.15, -0.1) is 0 Å². The van der Waals surface area contributed by atoms with Crippen LogP contribution in [0.1, 0.15) is 38.7 Å². The highest BCUT2D eigenvalue weighted by Gasteiger charge is 2.18. The molecule has 0 bridgehead atoms.